The quantitative estimate of drug-likeness (QED) is 0.409. The zero-order chi connectivity index (χ0) is 8.74. The Hall–Kier alpha value is 0.740. The van der Waals surface area contributed by atoms with E-state index in [0.29, 0.717) is 19.0 Å². The molecule has 0 rings (SSSR count). The SMILES string of the molecule is CS(=O)(=O)SCCOCCBr. The third-order valence-corrected chi connectivity index (χ3v) is 3.62. The van der Waals surface area contributed by atoms with Gasteiger partial charge in [0, 0.05) is 17.3 Å². The largest absolute Gasteiger partial charge is 0.380 e. The average molecular weight is 263 g/mol. The van der Waals surface area contributed by atoms with Crippen molar-refractivity contribution in [2.75, 3.05) is 30.6 Å². The lowest BCUT2D eigenvalue weighted by Crippen LogP contribution is -2.01. The third-order valence-electron chi connectivity index (χ3n) is 0.747. The van der Waals surface area contributed by atoms with Crippen molar-refractivity contribution in [1.82, 2.24) is 0 Å². The lowest BCUT2D eigenvalue weighted by atomic mass is 10.8. The van der Waals surface area contributed by atoms with Crippen molar-refractivity contribution in [3.05, 3.63) is 0 Å². The van der Waals surface area contributed by atoms with Gasteiger partial charge in [0.15, 0.2) is 8.87 Å². The molecule has 6 heteroatoms. The fourth-order valence-electron chi connectivity index (χ4n) is 0.401. The van der Waals surface area contributed by atoms with Gasteiger partial charge >= 0.3 is 0 Å². The van der Waals surface area contributed by atoms with Gasteiger partial charge in [0.05, 0.1) is 13.2 Å². The van der Waals surface area contributed by atoms with E-state index in [1.807, 2.05) is 0 Å². The minimum absolute atomic E-state index is 0.489. The molecule has 0 heterocycles. The minimum Gasteiger partial charge on any atom is -0.380 e. The number of rotatable bonds is 6. The zero-order valence-electron chi connectivity index (χ0n) is 6.25. The average Bonchev–Trinajstić information content (AvgIpc) is 1.85. The molecule has 0 amide bonds. The molecule has 3 nitrogen and oxygen atoms in total. The van der Waals surface area contributed by atoms with Gasteiger partial charge in [0.1, 0.15) is 0 Å². The second-order valence-electron chi connectivity index (χ2n) is 1.83. The van der Waals surface area contributed by atoms with Crippen molar-refractivity contribution >= 4 is 35.6 Å². The van der Waals surface area contributed by atoms with Crippen molar-refractivity contribution in [2.45, 2.75) is 0 Å². The summed E-state index contributed by atoms with van der Waals surface area (Å²) in [5, 5.41) is 0.788. The molecule has 0 aliphatic carbocycles. The molecule has 0 unspecified atom stereocenters. The van der Waals surface area contributed by atoms with Crippen LogP contribution < -0.4 is 0 Å². The van der Waals surface area contributed by atoms with Crippen LogP contribution in [0.15, 0.2) is 0 Å². The predicted molar refractivity (Wildman–Crippen MR) is 51.9 cm³/mol. The standard InChI is InChI=1S/C5H11BrO3S2/c1-11(7,8)10-5-4-9-3-2-6/h2-5H2,1H3. The van der Waals surface area contributed by atoms with Crippen molar-refractivity contribution < 1.29 is 13.2 Å². The van der Waals surface area contributed by atoms with Gasteiger partial charge in [0.2, 0.25) is 0 Å². The summed E-state index contributed by atoms with van der Waals surface area (Å²) in [5.74, 6) is 0.506. The summed E-state index contributed by atoms with van der Waals surface area (Å²) < 4.78 is 26.2. The van der Waals surface area contributed by atoms with Crippen LogP contribution in [-0.2, 0) is 13.6 Å². The molecule has 0 bridgehead atoms. The monoisotopic (exact) mass is 262 g/mol. The minimum atomic E-state index is -2.89. The van der Waals surface area contributed by atoms with Crippen LogP contribution in [0.2, 0.25) is 0 Å². The first-order valence-electron chi connectivity index (χ1n) is 3.04. The molecule has 11 heavy (non-hydrogen) atoms. The van der Waals surface area contributed by atoms with E-state index in [1.165, 1.54) is 6.26 Å². The fourth-order valence-corrected chi connectivity index (χ4v) is 2.23. The van der Waals surface area contributed by atoms with E-state index in [9.17, 15) is 8.42 Å². The van der Waals surface area contributed by atoms with Crippen molar-refractivity contribution in [3.8, 4) is 0 Å². The maximum atomic E-state index is 10.6. The number of hydrogen-bond acceptors (Lipinski definition) is 4. The Bertz CT molecular complexity index is 178. The van der Waals surface area contributed by atoms with Gasteiger partial charge in [0.25, 0.3) is 0 Å². The van der Waals surface area contributed by atoms with Crippen LogP contribution in [0.25, 0.3) is 0 Å². The smallest absolute Gasteiger partial charge is 0.198 e. The summed E-state index contributed by atoms with van der Waals surface area (Å²) in [6.45, 7) is 1.12. The molecule has 0 saturated heterocycles. The highest BCUT2D eigenvalue weighted by atomic mass is 79.9. The van der Waals surface area contributed by atoms with Crippen LogP contribution in [0.1, 0.15) is 0 Å². The molecule has 0 radical (unpaired) electrons. The van der Waals surface area contributed by atoms with E-state index in [0.717, 1.165) is 16.1 Å². The molecule has 0 aromatic carbocycles. The maximum Gasteiger partial charge on any atom is 0.198 e. The van der Waals surface area contributed by atoms with Crippen molar-refractivity contribution in [3.63, 3.8) is 0 Å². The summed E-state index contributed by atoms with van der Waals surface area (Å²) in [7, 11) is -1.97. The molecule has 0 spiro atoms. The Morgan fingerprint density at radius 3 is 2.55 bits per heavy atom. The first-order chi connectivity index (χ1) is 5.06. The summed E-state index contributed by atoms with van der Waals surface area (Å²) in [6.07, 6.45) is 1.20. The van der Waals surface area contributed by atoms with Gasteiger partial charge in [-0.2, -0.15) is 0 Å². The molecule has 68 valence electrons. The first-order valence-corrected chi connectivity index (χ1v) is 7.56. The normalized spacial score (nSPS) is 11.8. The van der Waals surface area contributed by atoms with E-state index in [2.05, 4.69) is 15.9 Å². The molecule has 0 N–H and O–H groups in total. The Kier molecular flexibility index (Phi) is 6.70. The van der Waals surface area contributed by atoms with E-state index in [1.54, 1.807) is 0 Å². The molecule has 0 aliphatic heterocycles. The molecular weight excluding hydrogens is 252 g/mol. The lowest BCUT2D eigenvalue weighted by Gasteiger charge is -1.99. The van der Waals surface area contributed by atoms with Crippen LogP contribution in [0, 0.1) is 0 Å². The van der Waals surface area contributed by atoms with Crippen LogP contribution in [0.4, 0.5) is 0 Å². The molecule has 0 atom stereocenters. The third kappa shape index (κ3) is 10.7. The first kappa shape index (κ1) is 11.7. The highest BCUT2D eigenvalue weighted by Crippen LogP contribution is 2.08. The number of ether oxygens (including phenoxy) is 1. The summed E-state index contributed by atoms with van der Waals surface area (Å²) in [5.41, 5.74) is 0. The molecule has 0 saturated carbocycles. The van der Waals surface area contributed by atoms with E-state index in [4.69, 9.17) is 4.74 Å². The maximum absolute atomic E-state index is 10.6. The van der Waals surface area contributed by atoms with Crippen molar-refractivity contribution in [2.24, 2.45) is 0 Å². The molecule has 0 aliphatic rings. The van der Waals surface area contributed by atoms with Gasteiger partial charge in [-0.15, -0.1) is 0 Å². The highest BCUT2D eigenvalue weighted by Gasteiger charge is 2.00. The Morgan fingerprint density at radius 2 is 2.09 bits per heavy atom. The van der Waals surface area contributed by atoms with E-state index in [-0.39, 0.29) is 0 Å². The van der Waals surface area contributed by atoms with Crippen molar-refractivity contribution in [1.29, 1.82) is 0 Å². The van der Waals surface area contributed by atoms with Gasteiger partial charge in [-0.05, 0) is 10.8 Å². The lowest BCUT2D eigenvalue weighted by molar-refractivity contribution is 0.168. The number of halogens is 1. The molecule has 0 fully saturated rings. The van der Waals surface area contributed by atoms with E-state index >= 15 is 0 Å². The van der Waals surface area contributed by atoms with Gasteiger partial charge in [-0.25, -0.2) is 8.42 Å². The second-order valence-corrected chi connectivity index (χ2v) is 7.20. The van der Waals surface area contributed by atoms with Crippen LogP contribution in [0.5, 0.6) is 0 Å². The van der Waals surface area contributed by atoms with Gasteiger partial charge < -0.3 is 4.74 Å². The van der Waals surface area contributed by atoms with E-state index < -0.39 is 8.87 Å². The Morgan fingerprint density at radius 1 is 1.45 bits per heavy atom. The summed E-state index contributed by atoms with van der Waals surface area (Å²) in [6, 6.07) is 0. The van der Waals surface area contributed by atoms with Gasteiger partial charge in [-0.3, -0.25) is 0 Å². The second kappa shape index (κ2) is 6.28. The predicted octanol–water partition coefficient (Wildman–Crippen LogP) is 1.09. The zero-order valence-corrected chi connectivity index (χ0v) is 9.47. The van der Waals surface area contributed by atoms with Gasteiger partial charge in [-0.1, -0.05) is 15.9 Å². The van der Waals surface area contributed by atoms with Crippen LogP contribution >= 0.6 is 26.7 Å². The number of hydrogen-bond donors (Lipinski definition) is 0. The Labute approximate surface area is 79.3 Å². The summed E-state index contributed by atoms with van der Waals surface area (Å²) in [4.78, 5) is 0. The van der Waals surface area contributed by atoms with Crippen LogP contribution in [-0.4, -0.2) is 39.0 Å². The number of alkyl halides is 1. The topological polar surface area (TPSA) is 43.4 Å². The molecular formula is C5H11BrO3S2. The van der Waals surface area contributed by atoms with Crippen LogP contribution in [0.3, 0.4) is 0 Å². The fraction of sp³-hybridized carbons (Fsp3) is 1.00. The molecule has 0 aromatic heterocycles. The highest BCUT2D eigenvalue weighted by molar-refractivity contribution is 9.09. The Balaban J connectivity index is 3.16. The molecule has 0 aromatic rings. The summed E-state index contributed by atoms with van der Waals surface area (Å²) >= 11 is 3.19.